The van der Waals surface area contributed by atoms with E-state index in [4.69, 9.17) is 11.6 Å². The lowest BCUT2D eigenvalue weighted by Crippen LogP contribution is -2.17. The van der Waals surface area contributed by atoms with Crippen LogP contribution in [0.4, 0.5) is 5.69 Å². The van der Waals surface area contributed by atoms with Gasteiger partial charge in [0.2, 0.25) is 5.91 Å². The molecule has 0 aliphatic carbocycles. The number of rotatable bonds is 8. The molecular formula is C18H19ClN4O5S2. The van der Waals surface area contributed by atoms with Gasteiger partial charge in [0.15, 0.2) is 15.0 Å². The summed E-state index contributed by atoms with van der Waals surface area (Å²) in [5.74, 6) is -1.21. The average molecular weight is 471 g/mol. The molecule has 30 heavy (non-hydrogen) atoms. The molecule has 1 atom stereocenters. The van der Waals surface area contributed by atoms with Crippen LogP contribution in [0.1, 0.15) is 28.5 Å². The molecule has 0 unspecified atom stereocenters. The van der Waals surface area contributed by atoms with Crippen LogP contribution in [0.25, 0.3) is 0 Å². The number of allylic oxidation sites excluding steroid dienone is 1. The predicted octanol–water partition coefficient (Wildman–Crippen LogP) is 2.45. The molecule has 2 aromatic rings. The highest BCUT2D eigenvalue weighted by Crippen LogP contribution is 2.30. The first-order chi connectivity index (χ1) is 14.2. The zero-order valence-corrected chi connectivity index (χ0v) is 18.1. The third kappa shape index (κ3) is 5.21. The summed E-state index contributed by atoms with van der Waals surface area (Å²) in [6.45, 7) is 4.08. The highest BCUT2D eigenvalue weighted by molar-refractivity contribution is 7.99. The molecule has 1 amide bonds. The van der Waals surface area contributed by atoms with Gasteiger partial charge in [-0.25, -0.2) is 13.2 Å². The molecule has 1 aliphatic rings. The number of aromatic nitrogens is 3. The van der Waals surface area contributed by atoms with Crippen LogP contribution in [0.5, 0.6) is 0 Å². The fourth-order valence-electron chi connectivity index (χ4n) is 3.13. The lowest BCUT2D eigenvalue weighted by atomic mass is 10.1. The number of carboxylic acid groups (broad SMARTS) is 1. The summed E-state index contributed by atoms with van der Waals surface area (Å²) in [4.78, 5) is 23.7. The fourth-order valence-corrected chi connectivity index (χ4v) is 5.80. The summed E-state index contributed by atoms with van der Waals surface area (Å²) in [5.41, 5.74) is 0.0299. The molecule has 160 valence electrons. The van der Waals surface area contributed by atoms with Gasteiger partial charge in [0.05, 0.1) is 28.5 Å². The second kappa shape index (κ2) is 9.19. The molecule has 12 heteroatoms. The molecule has 1 fully saturated rings. The molecule has 0 radical (unpaired) electrons. The van der Waals surface area contributed by atoms with Crippen LogP contribution in [0.3, 0.4) is 0 Å². The first-order valence-electron chi connectivity index (χ1n) is 8.90. The van der Waals surface area contributed by atoms with Gasteiger partial charge in [-0.1, -0.05) is 29.4 Å². The van der Waals surface area contributed by atoms with E-state index >= 15 is 0 Å². The first-order valence-corrected chi connectivity index (χ1v) is 12.1. The van der Waals surface area contributed by atoms with Crippen molar-refractivity contribution in [3.8, 4) is 0 Å². The number of carboxylic acids is 1. The third-order valence-corrected chi connectivity index (χ3v) is 7.44. The second-order valence-electron chi connectivity index (χ2n) is 6.67. The Labute approximate surface area is 182 Å². The minimum absolute atomic E-state index is 0.0279. The van der Waals surface area contributed by atoms with Gasteiger partial charge in [0.25, 0.3) is 0 Å². The maximum absolute atomic E-state index is 12.4. The van der Waals surface area contributed by atoms with E-state index in [0.29, 0.717) is 29.0 Å². The van der Waals surface area contributed by atoms with E-state index in [1.165, 1.54) is 18.2 Å². The van der Waals surface area contributed by atoms with E-state index in [9.17, 15) is 23.1 Å². The van der Waals surface area contributed by atoms with Crippen LogP contribution < -0.4 is 5.32 Å². The summed E-state index contributed by atoms with van der Waals surface area (Å²) in [5, 5.41) is 20.8. The number of aromatic carboxylic acids is 1. The Morgan fingerprint density at radius 2 is 2.17 bits per heavy atom. The highest BCUT2D eigenvalue weighted by Gasteiger charge is 2.33. The van der Waals surface area contributed by atoms with Crippen molar-refractivity contribution in [3.05, 3.63) is 47.3 Å². The van der Waals surface area contributed by atoms with Gasteiger partial charge < -0.3 is 15.0 Å². The molecule has 1 aromatic heterocycles. The number of anilines is 1. The van der Waals surface area contributed by atoms with Crippen molar-refractivity contribution in [1.29, 1.82) is 0 Å². The summed E-state index contributed by atoms with van der Waals surface area (Å²) in [6, 6.07) is 4.11. The summed E-state index contributed by atoms with van der Waals surface area (Å²) in [6.07, 6.45) is 2.13. The smallest absolute Gasteiger partial charge is 0.337 e. The Balaban J connectivity index is 1.72. The van der Waals surface area contributed by atoms with Crippen molar-refractivity contribution in [2.24, 2.45) is 0 Å². The molecular weight excluding hydrogens is 452 g/mol. The molecule has 3 rings (SSSR count). The van der Waals surface area contributed by atoms with Crippen LogP contribution >= 0.6 is 23.4 Å². The number of benzene rings is 1. The van der Waals surface area contributed by atoms with Crippen molar-refractivity contribution in [2.75, 3.05) is 22.6 Å². The Bertz CT molecular complexity index is 1100. The number of nitrogens with zero attached hydrogens (tertiary/aromatic N) is 3. The Morgan fingerprint density at radius 1 is 1.40 bits per heavy atom. The molecule has 2 heterocycles. The number of amides is 1. The molecule has 0 spiro atoms. The predicted molar refractivity (Wildman–Crippen MR) is 114 cm³/mol. The van der Waals surface area contributed by atoms with Crippen molar-refractivity contribution in [3.63, 3.8) is 0 Å². The molecule has 1 aliphatic heterocycles. The normalized spacial score (nSPS) is 17.6. The van der Waals surface area contributed by atoms with Crippen molar-refractivity contribution < 1.29 is 23.1 Å². The molecule has 9 nitrogen and oxygen atoms in total. The topological polar surface area (TPSA) is 131 Å². The molecule has 0 saturated carbocycles. The van der Waals surface area contributed by atoms with Crippen molar-refractivity contribution in [2.45, 2.75) is 24.0 Å². The highest BCUT2D eigenvalue weighted by atomic mass is 35.5. The molecule has 2 N–H and O–H groups in total. The van der Waals surface area contributed by atoms with Gasteiger partial charge >= 0.3 is 5.97 Å². The molecule has 1 saturated heterocycles. The first kappa shape index (κ1) is 22.3. The van der Waals surface area contributed by atoms with E-state index in [1.807, 2.05) is 0 Å². The molecule has 0 bridgehead atoms. The number of hydrogen-bond donors (Lipinski definition) is 2. The van der Waals surface area contributed by atoms with Gasteiger partial charge in [0, 0.05) is 17.5 Å². The minimum Gasteiger partial charge on any atom is -0.478 e. The summed E-state index contributed by atoms with van der Waals surface area (Å²) >= 11 is 7.01. The summed E-state index contributed by atoms with van der Waals surface area (Å²) < 4.78 is 25.3. The zero-order valence-electron chi connectivity index (χ0n) is 15.7. The standard InChI is InChI=1S/C18H19ClN4O5S2/c1-2-6-23-16(11-5-7-30(27,28)10-11)21-22-18(23)29-9-15(24)20-14-8-12(19)3-4-13(14)17(25)26/h2-4,8,11H,1,5-7,9-10H2,(H,20,24)(H,25,26)/t11-/m1/s1. The van der Waals surface area contributed by atoms with Crippen molar-refractivity contribution in [1.82, 2.24) is 14.8 Å². The number of carbonyl (C=O) groups excluding carboxylic acids is 1. The Kier molecular flexibility index (Phi) is 6.84. The lowest BCUT2D eigenvalue weighted by Gasteiger charge is -2.11. The van der Waals surface area contributed by atoms with E-state index in [-0.39, 0.29) is 34.4 Å². The number of thioether (sulfide) groups is 1. The maximum atomic E-state index is 12.4. The number of hydrogen-bond acceptors (Lipinski definition) is 7. The van der Waals surface area contributed by atoms with Gasteiger partial charge in [-0.3, -0.25) is 4.79 Å². The second-order valence-corrected chi connectivity index (χ2v) is 10.3. The van der Waals surface area contributed by atoms with Crippen molar-refractivity contribution >= 4 is 50.8 Å². The van der Waals surface area contributed by atoms with Crippen LogP contribution in [-0.4, -0.2) is 57.4 Å². The Morgan fingerprint density at radius 3 is 2.80 bits per heavy atom. The maximum Gasteiger partial charge on any atom is 0.337 e. The number of halogens is 1. The average Bonchev–Trinajstić information content (AvgIpc) is 3.22. The zero-order chi connectivity index (χ0) is 21.9. The molecule has 1 aromatic carbocycles. The number of nitrogens with one attached hydrogen (secondary N) is 1. The fraction of sp³-hybridized carbons (Fsp3) is 0.333. The van der Waals surface area contributed by atoms with Gasteiger partial charge in [-0.2, -0.15) is 0 Å². The van der Waals surface area contributed by atoms with E-state index < -0.39 is 21.7 Å². The SMILES string of the molecule is C=CCn1c(SCC(=O)Nc2cc(Cl)ccc2C(=O)O)nnc1[C@@H]1CCS(=O)(=O)C1. The summed E-state index contributed by atoms with van der Waals surface area (Å²) in [7, 11) is -3.08. The van der Waals surface area contributed by atoms with Crippen LogP contribution in [0, 0.1) is 0 Å². The minimum atomic E-state index is -3.08. The lowest BCUT2D eigenvalue weighted by molar-refractivity contribution is -0.113. The third-order valence-electron chi connectivity index (χ3n) is 4.47. The van der Waals surface area contributed by atoms with E-state index in [0.717, 1.165) is 11.8 Å². The van der Waals surface area contributed by atoms with Gasteiger partial charge in [-0.05, 0) is 24.6 Å². The van der Waals surface area contributed by atoms with E-state index in [2.05, 4.69) is 22.1 Å². The number of sulfone groups is 1. The van der Waals surface area contributed by atoms with Crippen LogP contribution in [0.15, 0.2) is 36.0 Å². The monoisotopic (exact) mass is 470 g/mol. The Hall–Kier alpha value is -2.37. The van der Waals surface area contributed by atoms with Crippen LogP contribution in [0.2, 0.25) is 5.02 Å². The van der Waals surface area contributed by atoms with Gasteiger partial charge in [-0.15, -0.1) is 16.8 Å². The quantitative estimate of drug-likeness (QED) is 0.444. The van der Waals surface area contributed by atoms with Gasteiger partial charge in [0.1, 0.15) is 5.82 Å². The van der Waals surface area contributed by atoms with Crippen LogP contribution in [-0.2, 0) is 21.2 Å². The van der Waals surface area contributed by atoms with E-state index in [1.54, 1.807) is 10.6 Å². The number of carbonyl (C=O) groups is 2. The largest absolute Gasteiger partial charge is 0.478 e.